The number of ether oxygens (including phenoxy) is 1. The van der Waals surface area contributed by atoms with Crippen molar-refractivity contribution >= 4 is 5.97 Å². The molecule has 3 heteroatoms. The molecular formula is C16H23NO2. The molecule has 3 nitrogen and oxygen atoms in total. The highest BCUT2D eigenvalue weighted by Gasteiger charge is 2.39. The van der Waals surface area contributed by atoms with Crippen LogP contribution in [-0.4, -0.2) is 12.6 Å². The molecule has 2 N–H and O–H groups in total. The van der Waals surface area contributed by atoms with E-state index in [1.165, 1.54) is 12.8 Å². The lowest BCUT2D eigenvalue weighted by atomic mass is 9.61. The molecule has 2 rings (SSSR count). The van der Waals surface area contributed by atoms with Crippen molar-refractivity contribution in [1.29, 1.82) is 0 Å². The maximum absolute atomic E-state index is 11.6. The molecule has 1 atom stereocenters. The van der Waals surface area contributed by atoms with Gasteiger partial charge in [-0.1, -0.05) is 26.0 Å². The summed E-state index contributed by atoms with van der Waals surface area (Å²) in [7, 11) is 0. The van der Waals surface area contributed by atoms with E-state index in [9.17, 15) is 4.79 Å². The quantitative estimate of drug-likeness (QED) is 0.846. The van der Waals surface area contributed by atoms with Crippen molar-refractivity contribution in [3.8, 4) is 0 Å². The largest absolute Gasteiger partial charge is 0.462 e. The van der Waals surface area contributed by atoms with Gasteiger partial charge in [0, 0.05) is 6.04 Å². The molecule has 0 unspecified atom stereocenters. The summed E-state index contributed by atoms with van der Waals surface area (Å²) in [4.78, 5) is 11.6. The molecule has 1 fully saturated rings. The standard InChI is InChI=1S/C16H23NO2/c1-4-19-15(18)12-7-5-11(6-8-12)14(17)13-9-16(2,3)10-13/h5-8,13-14H,4,9-10,17H2,1-3H3/t14-/m0/s1. The van der Waals surface area contributed by atoms with E-state index in [2.05, 4.69) is 13.8 Å². The summed E-state index contributed by atoms with van der Waals surface area (Å²) in [6.07, 6.45) is 2.35. The zero-order valence-corrected chi connectivity index (χ0v) is 12.0. The lowest BCUT2D eigenvalue weighted by molar-refractivity contribution is 0.0526. The van der Waals surface area contributed by atoms with E-state index in [1.807, 2.05) is 12.1 Å². The number of rotatable bonds is 4. The molecule has 0 radical (unpaired) electrons. The molecule has 1 aliphatic carbocycles. The van der Waals surface area contributed by atoms with Gasteiger partial charge < -0.3 is 10.5 Å². The number of nitrogens with two attached hydrogens (primary N) is 1. The van der Waals surface area contributed by atoms with Crippen LogP contribution in [0.2, 0.25) is 0 Å². The van der Waals surface area contributed by atoms with Crippen LogP contribution in [0.3, 0.4) is 0 Å². The normalized spacial score (nSPS) is 19.6. The molecule has 0 aromatic heterocycles. The fraction of sp³-hybridized carbons (Fsp3) is 0.562. The number of hydrogen-bond donors (Lipinski definition) is 1. The Morgan fingerprint density at radius 1 is 1.37 bits per heavy atom. The number of carbonyl (C=O) groups excluding carboxylic acids is 1. The topological polar surface area (TPSA) is 52.3 Å². The van der Waals surface area contributed by atoms with Gasteiger partial charge in [0.2, 0.25) is 0 Å². The van der Waals surface area contributed by atoms with Crippen LogP contribution >= 0.6 is 0 Å². The molecule has 19 heavy (non-hydrogen) atoms. The Balaban J connectivity index is 2.00. The van der Waals surface area contributed by atoms with E-state index >= 15 is 0 Å². The summed E-state index contributed by atoms with van der Waals surface area (Å²) in [5.41, 5.74) is 8.42. The summed E-state index contributed by atoms with van der Waals surface area (Å²) < 4.78 is 4.97. The fourth-order valence-electron chi connectivity index (χ4n) is 2.94. The van der Waals surface area contributed by atoms with E-state index in [0.29, 0.717) is 23.5 Å². The zero-order chi connectivity index (χ0) is 14.0. The highest BCUT2D eigenvalue weighted by molar-refractivity contribution is 5.89. The molecule has 1 aliphatic rings. The van der Waals surface area contributed by atoms with Crippen LogP contribution in [-0.2, 0) is 4.74 Å². The Bertz CT molecular complexity index is 442. The highest BCUT2D eigenvalue weighted by atomic mass is 16.5. The summed E-state index contributed by atoms with van der Waals surface area (Å²) >= 11 is 0. The predicted octanol–water partition coefficient (Wildman–Crippen LogP) is 3.30. The minimum atomic E-state index is -0.271. The summed E-state index contributed by atoms with van der Waals surface area (Å²) in [5, 5.41) is 0. The van der Waals surface area contributed by atoms with Gasteiger partial charge in [0.25, 0.3) is 0 Å². The Labute approximate surface area is 115 Å². The predicted molar refractivity (Wildman–Crippen MR) is 75.8 cm³/mol. The summed E-state index contributed by atoms with van der Waals surface area (Å²) in [5.74, 6) is 0.288. The Morgan fingerprint density at radius 3 is 2.42 bits per heavy atom. The minimum Gasteiger partial charge on any atom is -0.462 e. The minimum absolute atomic E-state index is 0.0734. The van der Waals surface area contributed by atoms with Gasteiger partial charge in [0.05, 0.1) is 12.2 Å². The van der Waals surface area contributed by atoms with Gasteiger partial charge in [-0.2, -0.15) is 0 Å². The van der Waals surface area contributed by atoms with Gasteiger partial charge in [0.15, 0.2) is 0 Å². The molecule has 0 amide bonds. The molecule has 104 valence electrons. The number of esters is 1. The van der Waals surface area contributed by atoms with Gasteiger partial charge in [-0.25, -0.2) is 4.79 Å². The first-order valence-electron chi connectivity index (χ1n) is 6.95. The summed E-state index contributed by atoms with van der Waals surface area (Å²) in [6.45, 7) is 6.76. The molecule has 0 bridgehead atoms. The monoisotopic (exact) mass is 261 g/mol. The van der Waals surface area contributed by atoms with E-state index in [0.717, 1.165) is 5.56 Å². The van der Waals surface area contributed by atoms with E-state index in [4.69, 9.17) is 10.5 Å². The Morgan fingerprint density at radius 2 is 1.95 bits per heavy atom. The molecule has 1 aromatic carbocycles. The molecule has 1 aromatic rings. The van der Waals surface area contributed by atoms with Crippen LogP contribution in [0.4, 0.5) is 0 Å². The molecule has 0 heterocycles. The van der Waals surface area contributed by atoms with Gasteiger partial charge in [-0.05, 0) is 48.8 Å². The zero-order valence-electron chi connectivity index (χ0n) is 12.0. The average molecular weight is 261 g/mol. The van der Waals surface area contributed by atoms with Crippen LogP contribution in [0.25, 0.3) is 0 Å². The van der Waals surface area contributed by atoms with Gasteiger partial charge >= 0.3 is 5.97 Å². The first-order valence-corrected chi connectivity index (χ1v) is 6.95. The lowest BCUT2D eigenvalue weighted by Crippen LogP contribution is -2.38. The molecular weight excluding hydrogens is 238 g/mol. The van der Waals surface area contributed by atoms with Crippen LogP contribution in [0.5, 0.6) is 0 Å². The maximum atomic E-state index is 11.6. The first kappa shape index (κ1) is 14.1. The third kappa shape index (κ3) is 3.16. The SMILES string of the molecule is CCOC(=O)c1ccc([C@H](N)C2CC(C)(C)C2)cc1. The Hall–Kier alpha value is -1.35. The second-order valence-corrected chi connectivity index (χ2v) is 6.20. The van der Waals surface area contributed by atoms with Crippen molar-refractivity contribution in [3.05, 3.63) is 35.4 Å². The smallest absolute Gasteiger partial charge is 0.338 e. The number of benzene rings is 1. The van der Waals surface area contributed by atoms with Crippen molar-refractivity contribution in [2.24, 2.45) is 17.1 Å². The average Bonchev–Trinajstić information content (AvgIpc) is 2.35. The highest BCUT2D eigenvalue weighted by Crippen LogP contribution is 2.49. The first-order chi connectivity index (χ1) is 8.93. The number of carbonyl (C=O) groups is 1. The fourth-order valence-corrected chi connectivity index (χ4v) is 2.94. The van der Waals surface area contributed by atoms with Crippen molar-refractivity contribution in [1.82, 2.24) is 0 Å². The van der Waals surface area contributed by atoms with Gasteiger partial charge in [0.1, 0.15) is 0 Å². The van der Waals surface area contributed by atoms with Crippen LogP contribution in [0.15, 0.2) is 24.3 Å². The van der Waals surface area contributed by atoms with E-state index < -0.39 is 0 Å². The second kappa shape index (κ2) is 5.33. The van der Waals surface area contributed by atoms with Crippen LogP contribution in [0, 0.1) is 11.3 Å². The van der Waals surface area contributed by atoms with Crippen molar-refractivity contribution in [3.63, 3.8) is 0 Å². The third-order valence-electron chi connectivity index (χ3n) is 3.94. The molecule has 0 aliphatic heterocycles. The van der Waals surface area contributed by atoms with Gasteiger partial charge in [-0.15, -0.1) is 0 Å². The van der Waals surface area contributed by atoms with E-state index in [1.54, 1.807) is 19.1 Å². The molecule has 0 spiro atoms. The Kier molecular flexibility index (Phi) is 3.95. The van der Waals surface area contributed by atoms with Gasteiger partial charge in [-0.3, -0.25) is 0 Å². The number of hydrogen-bond acceptors (Lipinski definition) is 3. The molecule has 1 saturated carbocycles. The van der Waals surface area contributed by atoms with Crippen molar-refractivity contribution in [2.45, 2.75) is 39.7 Å². The second-order valence-electron chi connectivity index (χ2n) is 6.20. The van der Waals surface area contributed by atoms with Crippen molar-refractivity contribution in [2.75, 3.05) is 6.61 Å². The maximum Gasteiger partial charge on any atom is 0.338 e. The third-order valence-corrected chi connectivity index (χ3v) is 3.94. The summed E-state index contributed by atoms with van der Waals surface area (Å²) in [6, 6.07) is 7.57. The molecule has 0 saturated heterocycles. The van der Waals surface area contributed by atoms with E-state index in [-0.39, 0.29) is 12.0 Å². The van der Waals surface area contributed by atoms with Crippen LogP contribution < -0.4 is 5.73 Å². The van der Waals surface area contributed by atoms with Crippen molar-refractivity contribution < 1.29 is 9.53 Å². The van der Waals surface area contributed by atoms with Crippen LogP contribution in [0.1, 0.15) is 55.6 Å². The lowest BCUT2D eigenvalue weighted by Gasteiger charge is -2.45.